The lowest BCUT2D eigenvalue weighted by Crippen LogP contribution is -2.60. The quantitative estimate of drug-likeness (QED) is 0.0195. The van der Waals surface area contributed by atoms with E-state index in [4.69, 9.17) is 14.2 Å². The fourth-order valence-corrected chi connectivity index (χ4v) is 11.7. The van der Waals surface area contributed by atoms with Crippen molar-refractivity contribution in [3.05, 3.63) is 72.9 Å². The van der Waals surface area contributed by atoms with E-state index in [1.54, 1.807) is 6.08 Å². The van der Waals surface area contributed by atoms with E-state index >= 15 is 0 Å². The van der Waals surface area contributed by atoms with Crippen molar-refractivity contribution in [1.82, 2.24) is 5.32 Å². The molecule has 1 fully saturated rings. The minimum Gasteiger partial charge on any atom is -0.466 e. The zero-order chi connectivity index (χ0) is 65.1. The van der Waals surface area contributed by atoms with Crippen molar-refractivity contribution in [2.45, 2.75) is 397 Å². The van der Waals surface area contributed by atoms with Crippen molar-refractivity contribution < 1.29 is 49.3 Å². The maximum atomic E-state index is 13.0. The van der Waals surface area contributed by atoms with Gasteiger partial charge in [-0.2, -0.15) is 0 Å². The van der Waals surface area contributed by atoms with E-state index in [1.165, 1.54) is 244 Å². The molecule has 0 bridgehead atoms. The third kappa shape index (κ3) is 55.5. The minimum absolute atomic E-state index is 0.00394. The summed E-state index contributed by atoms with van der Waals surface area (Å²) in [4.78, 5) is 25.1. The van der Waals surface area contributed by atoms with Gasteiger partial charge >= 0.3 is 5.97 Å². The molecule has 7 atom stereocenters. The molecule has 90 heavy (non-hydrogen) atoms. The van der Waals surface area contributed by atoms with Gasteiger partial charge in [0.05, 0.1) is 32.0 Å². The van der Waals surface area contributed by atoms with Crippen LogP contribution in [0.15, 0.2) is 72.9 Å². The number of nitrogens with one attached hydrogen (secondary N) is 1. The smallest absolute Gasteiger partial charge is 0.305 e. The van der Waals surface area contributed by atoms with Crippen LogP contribution in [0.3, 0.4) is 0 Å². The van der Waals surface area contributed by atoms with E-state index < -0.39 is 49.5 Å². The molecule has 0 aromatic rings. The summed E-state index contributed by atoms with van der Waals surface area (Å²) in [5, 5.41) is 54.4. The largest absolute Gasteiger partial charge is 0.466 e. The number of allylic oxidation sites excluding steroid dienone is 11. The highest BCUT2D eigenvalue weighted by Gasteiger charge is 2.44. The van der Waals surface area contributed by atoms with Crippen LogP contribution in [-0.2, 0) is 23.8 Å². The number of ether oxygens (including phenoxy) is 3. The lowest BCUT2D eigenvalue weighted by Gasteiger charge is -2.40. The van der Waals surface area contributed by atoms with Crippen LogP contribution in [0.1, 0.15) is 354 Å². The predicted molar refractivity (Wildman–Crippen MR) is 380 cm³/mol. The minimum atomic E-state index is -1.58. The van der Waals surface area contributed by atoms with Crippen LogP contribution in [0.4, 0.5) is 0 Å². The average Bonchev–Trinajstić information content (AvgIpc) is 3.37. The molecule has 0 aromatic heterocycles. The Kier molecular flexibility index (Phi) is 63.9. The first kappa shape index (κ1) is 85.1. The number of aliphatic hydroxyl groups is 5. The molecule has 1 rings (SSSR count). The number of carbonyl (C=O) groups excluding carboxylic acids is 2. The van der Waals surface area contributed by atoms with Gasteiger partial charge in [0.2, 0.25) is 5.91 Å². The van der Waals surface area contributed by atoms with Gasteiger partial charge in [0.25, 0.3) is 0 Å². The van der Waals surface area contributed by atoms with E-state index in [2.05, 4.69) is 79.9 Å². The number of carbonyl (C=O) groups is 2. The van der Waals surface area contributed by atoms with Crippen LogP contribution in [0, 0.1) is 0 Å². The molecule has 1 aliphatic heterocycles. The highest BCUT2D eigenvalue weighted by atomic mass is 16.7. The molecule has 0 radical (unpaired) electrons. The standard InChI is InChI=1S/C79H143NO10/c1-3-5-7-9-11-13-15-47-51-55-59-63-67-75(84)88-68-64-60-56-52-48-44-42-40-38-36-34-32-30-28-26-24-22-20-18-16-17-19-21-23-25-27-29-31-33-35-37-39-41-43-46-50-54-58-62-66-74(83)80-71(70-89-79-78(87)77(86)76(85)73(69-81)90-79)72(82)65-61-57-53-49-45-14-12-10-8-6-4-2/h8,10-11,13,16-17,20,22,45,49,61,65,71-73,76-79,81-82,85-87H,3-7,9,12,14-15,18-19,21,23-44,46-48,50-60,62-64,66-70H2,1-2H3,(H,80,83)/b10-8+,13-11-,17-16-,22-20-,49-45+,65-61+. The van der Waals surface area contributed by atoms with Gasteiger partial charge in [0.1, 0.15) is 24.4 Å². The van der Waals surface area contributed by atoms with E-state index in [0.717, 1.165) is 83.5 Å². The zero-order valence-corrected chi connectivity index (χ0v) is 58.3. The van der Waals surface area contributed by atoms with Crippen molar-refractivity contribution in [3.63, 3.8) is 0 Å². The van der Waals surface area contributed by atoms with Crippen LogP contribution >= 0.6 is 0 Å². The van der Waals surface area contributed by atoms with Crippen molar-refractivity contribution in [3.8, 4) is 0 Å². The lowest BCUT2D eigenvalue weighted by molar-refractivity contribution is -0.302. The fraction of sp³-hybridized carbons (Fsp3) is 0.823. The van der Waals surface area contributed by atoms with Crippen LogP contribution < -0.4 is 5.32 Å². The van der Waals surface area contributed by atoms with E-state index in [-0.39, 0.29) is 18.5 Å². The first-order valence-electron chi connectivity index (χ1n) is 38.2. The van der Waals surface area contributed by atoms with Gasteiger partial charge in [-0.3, -0.25) is 9.59 Å². The van der Waals surface area contributed by atoms with Gasteiger partial charge in [0, 0.05) is 12.8 Å². The molecule has 0 spiro atoms. The number of unbranched alkanes of at least 4 members (excludes halogenated alkanes) is 43. The van der Waals surface area contributed by atoms with E-state index in [9.17, 15) is 35.1 Å². The lowest BCUT2D eigenvalue weighted by atomic mass is 9.99. The van der Waals surface area contributed by atoms with Crippen LogP contribution in [-0.4, -0.2) is 100 Å². The molecular formula is C79H143NO10. The topological polar surface area (TPSA) is 175 Å². The van der Waals surface area contributed by atoms with Gasteiger partial charge in [-0.05, 0) is 109 Å². The molecule has 6 N–H and O–H groups in total. The van der Waals surface area contributed by atoms with Gasteiger partial charge < -0.3 is 45.1 Å². The van der Waals surface area contributed by atoms with Crippen LogP contribution in [0.25, 0.3) is 0 Å². The van der Waals surface area contributed by atoms with Crippen molar-refractivity contribution >= 4 is 11.9 Å². The number of rotatable bonds is 67. The molecule has 1 amide bonds. The Morgan fingerprint density at radius 1 is 0.411 bits per heavy atom. The second kappa shape index (κ2) is 67.5. The summed E-state index contributed by atoms with van der Waals surface area (Å²) in [6, 6.07) is -0.833. The maximum Gasteiger partial charge on any atom is 0.305 e. The highest BCUT2D eigenvalue weighted by Crippen LogP contribution is 2.23. The number of hydrogen-bond donors (Lipinski definition) is 6. The Bertz CT molecular complexity index is 1730. The summed E-state index contributed by atoms with van der Waals surface area (Å²) in [6.07, 6.45) is 82.3. The Labute approximate surface area is 553 Å². The van der Waals surface area contributed by atoms with Gasteiger partial charge in [-0.15, -0.1) is 0 Å². The van der Waals surface area contributed by atoms with Crippen LogP contribution in [0.2, 0.25) is 0 Å². The molecule has 1 saturated heterocycles. The molecular weight excluding hydrogens is 1120 g/mol. The summed E-state index contributed by atoms with van der Waals surface area (Å²) in [5.41, 5.74) is 0. The highest BCUT2D eigenvalue weighted by molar-refractivity contribution is 5.76. The second-order valence-corrected chi connectivity index (χ2v) is 26.3. The van der Waals surface area contributed by atoms with E-state index in [1.807, 2.05) is 6.08 Å². The molecule has 1 aliphatic rings. The normalized spacial score (nSPS) is 18.1. The monoisotopic (exact) mass is 1270 g/mol. The Morgan fingerprint density at radius 2 is 0.778 bits per heavy atom. The molecule has 0 aliphatic carbocycles. The third-order valence-electron chi connectivity index (χ3n) is 17.7. The molecule has 0 aromatic carbocycles. The number of aliphatic hydroxyl groups excluding tert-OH is 5. The Morgan fingerprint density at radius 3 is 1.21 bits per heavy atom. The molecule has 11 heteroatoms. The summed E-state index contributed by atoms with van der Waals surface area (Å²) < 4.78 is 16.7. The number of esters is 1. The SMILES string of the molecule is CCC/C=C/CC/C=C/CC/C=C/C(O)C(COC1OC(CO)C(O)C(O)C1O)NC(=O)CCCCCCCCCCCCCCCCCCC/C=C\C/C=C\CCCCCCCCCCCCCCCCCOC(=O)CCCCCCC/C=C\CCCCC. The summed E-state index contributed by atoms with van der Waals surface area (Å²) in [7, 11) is 0. The summed E-state index contributed by atoms with van der Waals surface area (Å²) in [6.45, 7) is 4.25. The Balaban J connectivity index is 1.91. The van der Waals surface area contributed by atoms with Crippen molar-refractivity contribution in [1.29, 1.82) is 0 Å². The summed E-state index contributed by atoms with van der Waals surface area (Å²) >= 11 is 0. The second-order valence-electron chi connectivity index (χ2n) is 26.3. The maximum absolute atomic E-state index is 13.0. The average molecular weight is 1270 g/mol. The molecule has 1 heterocycles. The summed E-state index contributed by atoms with van der Waals surface area (Å²) in [5.74, 6) is -0.191. The predicted octanol–water partition coefficient (Wildman–Crippen LogP) is 20.2. The van der Waals surface area contributed by atoms with Gasteiger partial charge in [-0.25, -0.2) is 0 Å². The zero-order valence-electron chi connectivity index (χ0n) is 58.3. The molecule has 11 nitrogen and oxygen atoms in total. The first-order valence-corrected chi connectivity index (χ1v) is 38.2. The molecule has 7 unspecified atom stereocenters. The van der Waals surface area contributed by atoms with Crippen molar-refractivity contribution in [2.75, 3.05) is 19.8 Å². The number of amides is 1. The molecule has 0 saturated carbocycles. The van der Waals surface area contributed by atoms with E-state index in [0.29, 0.717) is 19.4 Å². The third-order valence-corrected chi connectivity index (χ3v) is 17.7. The van der Waals surface area contributed by atoms with Crippen molar-refractivity contribution in [2.24, 2.45) is 0 Å². The fourth-order valence-electron chi connectivity index (χ4n) is 11.7. The van der Waals surface area contributed by atoms with Crippen LogP contribution in [0.5, 0.6) is 0 Å². The van der Waals surface area contributed by atoms with Gasteiger partial charge in [0.15, 0.2) is 6.29 Å². The first-order chi connectivity index (χ1) is 44.2. The molecule has 524 valence electrons. The Hall–Kier alpha value is -2.90. The van der Waals surface area contributed by atoms with Gasteiger partial charge in [-0.1, -0.05) is 305 Å². The number of hydrogen-bond acceptors (Lipinski definition) is 10.